The minimum absolute atomic E-state index is 0.0375. The van der Waals surface area contributed by atoms with Crippen molar-refractivity contribution >= 4 is 11.6 Å². The van der Waals surface area contributed by atoms with Crippen LogP contribution in [0.4, 0.5) is 0 Å². The third-order valence-electron chi connectivity index (χ3n) is 8.41. The van der Waals surface area contributed by atoms with Gasteiger partial charge in [0.05, 0.1) is 19.1 Å². The Morgan fingerprint density at radius 1 is 1.07 bits per heavy atom. The van der Waals surface area contributed by atoms with E-state index in [1.807, 2.05) is 12.1 Å². The summed E-state index contributed by atoms with van der Waals surface area (Å²) in [4.78, 5) is 25.1. The molecule has 0 bridgehead atoms. The number of methoxy groups -OCH3 is 1. The Balaban J connectivity index is 1.64. The van der Waals surface area contributed by atoms with E-state index < -0.39 is 5.41 Å². The summed E-state index contributed by atoms with van der Waals surface area (Å²) in [5.74, 6) is 2.66. The monoisotopic (exact) mass is 394 g/mol. The number of fused-ring (bicyclic) bond motifs is 4. The van der Waals surface area contributed by atoms with Crippen molar-refractivity contribution < 1.29 is 19.4 Å². The van der Waals surface area contributed by atoms with Crippen molar-refractivity contribution in [2.24, 2.45) is 23.2 Å². The van der Waals surface area contributed by atoms with Gasteiger partial charge in [0.15, 0.2) is 0 Å². The summed E-state index contributed by atoms with van der Waals surface area (Å²) in [5, 5.41) is 10.4. The molecule has 4 heteroatoms. The Morgan fingerprint density at radius 2 is 1.86 bits per heavy atom. The molecule has 5 atom stereocenters. The zero-order chi connectivity index (χ0) is 20.2. The predicted octanol–water partition coefficient (Wildman–Crippen LogP) is 4.22. The molecule has 5 rings (SSSR count). The Labute approximate surface area is 172 Å². The van der Waals surface area contributed by atoms with Gasteiger partial charge in [-0.3, -0.25) is 9.59 Å². The number of benzene rings is 1. The van der Waals surface area contributed by atoms with Crippen LogP contribution in [0.3, 0.4) is 0 Å². The lowest BCUT2D eigenvalue weighted by molar-refractivity contribution is -0.132. The average Bonchev–Trinajstić information content (AvgIpc) is 3.09. The topological polar surface area (TPSA) is 63.6 Å². The predicted molar refractivity (Wildman–Crippen MR) is 110 cm³/mol. The number of aliphatic hydroxyl groups excluding tert-OH is 1. The SMILES string of the molecule is COc1ccc([C@H]2C[C@]3(CO)C(=O)CC[C@H]3[C@@H]3CCC4CC(=O)CCC4=C32)cc1. The van der Waals surface area contributed by atoms with Gasteiger partial charge >= 0.3 is 0 Å². The van der Waals surface area contributed by atoms with E-state index in [0.717, 1.165) is 31.4 Å². The molecule has 0 heterocycles. The number of Topliss-reactive ketones (excluding diaryl/α,β-unsaturated/α-hetero) is 2. The van der Waals surface area contributed by atoms with Crippen LogP contribution in [-0.4, -0.2) is 30.4 Å². The normalized spacial score (nSPS) is 36.5. The number of carbonyl (C=O) groups is 2. The molecule has 0 amide bonds. The van der Waals surface area contributed by atoms with Crippen molar-refractivity contribution in [2.45, 2.75) is 57.3 Å². The van der Waals surface area contributed by atoms with Crippen molar-refractivity contribution in [1.82, 2.24) is 0 Å². The van der Waals surface area contributed by atoms with Gasteiger partial charge in [0.25, 0.3) is 0 Å². The highest BCUT2D eigenvalue weighted by Gasteiger charge is 2.59. The number of rotatable bonds is 3. The highest BCUT2D eigenvalue weighted by Crippen LogP contribution is 2.63. The van der Waals surface area contributed by atoms with E-state index in [9.17, 15) is 14.7 Å². The number of hydrogen-bond acceptors (Lipinski definition) is 4. The fraction of sp³-hybridized carbons (Fsp3) is 0.600. The molecule has 4 aliphatic carbocycles. The second-order valence-electron chi connectivity index (χ2n) is 9.52. The molecule has 29 heavy (non-hydrogen) atoms. The number of ketones is 2. The van der Waals surface area contributed by atoms with Crippen LogP contribution in [0.5, 0.6) is 5.75 Å². The molecule has 0 spiro atoms. The van der Waals surface area contributed by atoms with Gasteiger partial charge in [-0.25, -0.2) is 0 Å². The number of carbonyl (C=O) groups excluding carboxylic acids is 2. The van der Waals surface area contributed by atoms with Crippen molar-refractivity contribution in [2.75, 3.05) is 13.7 Å². The van der Waals surface area contributed by atoms with Gasteiger partial charge in [-0.2, -0.15) is 0 Å². The second-order valence-corrected chi connectivity index (χ2v) is 9.52. The van der Waals surface area contributed by atoms with Gasteiger partial charge in [-0.15, -0.1) is 0 Å². The van der Waals surface area contributed by atoms with Crippen LogP contribution < -0.4 is 4.74 Å². The van der Waals surface area contributed by atoms with Gasteiger partial charge < -0.3 is 9.84 Å². The summed E-state index contributed by atoms with van der Waals surface area (Å²) in [6.45, 7) is -0.0375. The zero-order valence-electron chi connectivity index (χ0n) is 17.2. The van der Waals surface area contributed by atoms with Crippen LogP contribution in [0.25, 0.3) is 0 Å². The average molecular weight is 395 g/mol. The first-order chi connectivity index (χ1) is 14.1. The summed E-state index contributed by atoms with van der Waals surface area (Å²) >= 11 is 0. The Bertz CT molecular complexity index is 867. The lowest BCUT2D eigenvalue weighted by Gasteiger charge is -2.52. The Kier molecular flexibility index (Phi) is 4.65. The van der Waals surface area contributed by atoms with Crippen LogP contribution >= 0.6 is 0 Å². The van der Waals surface area contributed by atoms with E-state index in [1.54, 1.807) is 7.11 Å². The van der Waals surface area contributed by atoms with Crippen molar-refractivity contribution in [3.63, 3.8) is 0 Å². The van der Waals surface area contributed by atoms with Crippen molar-refractivity contribution in [1.29, 1.82) is 0 Å². The number of allylic oxidation sites excluding steroid dienone is 2. The molecule has 4 aliphatic rings. The zero-order valence-corrected chi connectivity index (χ0v) is 17.2. The third-order valence-corrected chi connectivity index (χ3v) is 8.41. The first kappa shape index (κ1) is 19.0. The van der Waals surface area contributed by atoms with Crippen molar-refractivity contribution in [3.05, 3.63) is 41.0 Å². The fourth-order valence-electron chi connectivity index (χ4n) is 7.06. The summed E-state index contributed by atoms with van der Waals surface area (Å²) in [6, 6.07) is 8.23. The van der Waals surface area contributed by atoms with Crippen molar-refractivity contribution in [3.8, 4) is 5.75 Å². The van der Waals surface area contributed by atoms with Gasteiger partial charge in [0.1, 0.15) is 17.3 Å². The summed E-state index contributed by atoms with van der Waals surface area (Å²) in [6.07, 6.45) is 6.53. The fourth-order valence-corrected chi connectivity index (χ4v) is 7.06. The minimum Gasteiger partial charge on any atom is -0.497 e. The van der Waals surface area contributed by atoms with Gasteiger partial charge in [-0.05, 0) is 67.6 Å². The molecule has 154 valence electrons. The van der Waals surface area contributed by atoms with Crippen LogP contribution in [0.1, 0.15) is 62.8 Å². The van der Waals surface area contributed by atoms with Crippen LogP contribution in [0.15, 0.2) is 35.4 Å². The maximum absolute atomic E-state index is 13.0. The highest BCUT2D eigenvalue weighted by molar-refractivity contribution is 5.88. The number of hydrogen-bond donors (Lipinski definition) is 1. The largest absolute Gasteiger partial charge is 0.497 e. The molecule has 0 radical (unpaired) electrons. The standard InChI is InChI=1S/C25H30O4/c1-29-18-6-2-15(3-7-18)21-13-25(14-26)22(10-11-23(25)28)20-8-4-16-12-17(27)5-9-19(16)24(20)21/h2-3,6-7,16,20-22,26H,4-5,8-14H2,1H3/t16?,20-,21+,22-,25+/m0/s1. The molecule has 4 nitrogen and oxygen atoms in total. The quantitative estimate of drug-likeness (QED) is 0.780. The highest BCUT2D eigenvalue weighted by atomic mass is 16.5. The van der Waals surface area contributed by atoms with E-state index in [-0.39, 0.29) is 24.2 Å². The molecular formula is C25H30O4. The van der Waals surface area contributed by atoms with Crippen LogP contribution in [0, 0.1) is 23.2 Å². The summed E-state index contributed by atoms with van der Waals surface area (Å²) < 4.78 is 5.34. The maximum atomic E-state index is 13.0. The van der Waals surface area contributed by atoms with Crippen LogP contribution in [0.2, 0.25) is 0 Å². The molecule has 1 aromatic carbocycles. The van der Waals surface area contributed by atoms with E-state index in [4.69, 9.17) is 4.74 Å². The maximum Gasteiger partial charge on any atom is 0.141 e. The second kappa shape index (κ2) is 7.09. The first-order valence-corrected chi connectivity index (χ1v) is 11.1. The molecule has 0 aromatic heterocycles. The van der Waals surface area contributed by atoms with E-state index in [0.29, 0.717) is 43.3 Å². The molecule has 3 saturated carbocycles. The number of aliphatic hydroxyl groups is 1. The molecule has 3 fully saturated rings. The summed E-state index contributed by atoms with van der Waals surface area (Å²) in [7, 11) is 1.67. The molecule has 0 saturated heterocycles. The Hall–Kier alpha value is -1.94. The van der Waals surface area contributed by atoms with Crippen LogP contribution in [-0.2, 0) is 9.59 Å². The molecular weight excluding hydrogens is 364 g/mol. The molecule has 1 N–H and O–H groups in total. The molecule has 1 aromatic rings. The Morgan fingerprint density at radius 3 is 2.59 bits per heavy atom. The smallest absolute Gasteiger partial charge is 0.141 e. The summed E-state index contributed by atoms with van der Waals surface area (Å²) in [5.41, 5.74) is 3.65. The van der Waals surface area contributed by atoms with E-state index >= 15 is 0 Å². The lowest BCUT2D eigenvalue weighted by atomic mass is 9.52. The number of ether oxygens (including phenoxy) is 1. The van der Waals surface area contributed by atoms with Gasteiger partial charge in [0, 0.05) is 25.2 Å². The van der Waals surface area contributed by atoms with E-state index in [2.05, 4.69) is 12.1 Å². The van der Waals surface area contributed by atoms with Gasteiger partial charge in [0.2, 0.25) is 0 Å². The first-order valence-electron chi connectivity index (χ1n) is 11.1. The third kappa shape index (κ3) is 2.83. The van der Waals surface area contributed by atoms with Gasteiger partial charge in [-0.1, -0.05) is 23.3 Å². The van der Waals surface area contributed by atoms with E-state index in [1.165, 1.54) is 16.7 Å². The lowest BCUT2D eigenvalue weighted by Crippen LogP contribution is -2.48. The molecule has 0 aliphatic heterocycles. The molecule has 1 unspecified atom stereocenters. The minimum atomic E-state index is -0.587.